The largest absolute Gasteiger partial charge is 0.543 e. The van der Waals surface area contributed by atoms with Crippen LogP contribution < -0.4 is 4.43 Å². The maximum Gasteiger partial charge on any atom is 0.242 e. The fourth-order valence-electron chi connectivity index (χ4n) is 1.78. The number of para-hydroxylation sites is 2. The number of rotatable bonds is 4. The normalized spacial score (nSPS) is 12.3. The molecule has 2 rings (SSSR count). The Balaban J connectivity index is 2.34. The Morgan fingerprint density at radius 3 is 2.43 bits per heavy atom. The Kier molecular flexibility index (Phi) is 4.52. The zero-order valence-electron chi connectivity index (χ0n) is 13.2. The molecule has 2 aromatic rings. The highest BCUT2D eigenvalue weighted by Gasteiger charge is 2.18. The van der Waals surface area contributed by atoms with Gasteiger partial charge >= 0.3 is 0 Å². The summed E-state index contributed by atoms with van der Waals surface area (Å²) < 4.78 is 6.08. The molecule has 0 N–H and O–H groups in total. The van der Waals surface area contributed by atoms with Crippen LogP contribution in [0.5, 0.6) is 5.75 Å². The van der Waals surface area contributed by atoms with Crippen molar-refractivity contribution in [3.8, 4) is 5.75 Å². The van der Waals surface area contributed by atoms with E-state index in [-0.39, 0.29) is 0 Å². The average Bonchev–Trinajstić information content (AvgIpc) is 2.40. The van der Waals surface area contributed by atoms with Crippen molar-refractivity contribution in [2.24, 2.45) is 4.99 Å². The van der Waals surface area contributed by atoms with Crippen LogP contribution >= 0.6 is 0 Å². The second-order valence-electron chi connectivity index (χ2n) is 5.92. The van der Waals surface area contributed by atoms with E-state index in [4.69, 9.17) is 4.43 Å². The average molecular weight is 299 g/mol. The summed E-state index contributed by atoms with van der Waals surface area (Å²) in [6, 6.07) is 7.85. The van der Waals surface area contributed by atoms with Gasteiger partial charge in [-0.25, -0.2) is 4.99 Å². The molecular weight excluding hydrogens is 278 g/mol. The van der Waals surface area contributed by atoms with Crippen molar-refractivity contribution in [3.05, 3.63) is 48.0 Å². The zero-order chi connectivity index (χ0) is 15.5. The first-order chi connectivity index (χ1) is 9.85. The second kappa shape index (κ2) is 6.18. The first-order valence-electron chi connectivity index (χ1n) is 6.97. The minimum Gasteiger partial charge on any atom is -0.543 e. The fourth-order valence-corrected chi connectivity index (χ4v) is 2.62. The highest BCUT2D eigenvalue weighted by Crippen LogP contribution is 2.29. The van der Waals surface area contributed by atoms with Crippen LogP contribution in [0.1, 0.15) is 18.3 Å². The van der Waals surface area contributed by atoms with Gasteiger partial charge in [0.15, 0.2) is 0 Å². The molecule has 0 atom stereocenters. The van der Waals surface area contributed by atoms with Crippen molar-refractivity contribution < 1.29 is 4.43 Å². The SMILES string of the molecule is CC(=Nc1ccccc1O[Si](C)(C)C)c1cnc(C)cn1. The Bertz CT molecular complexity index is 645. The maximum atomic E-state index is 6.08. The predicted octanol–water partition coefficient (Wildman–Crippen LogP) is 4.14. The van der Waals surface area contributed by atoms with E-state index in [1.54, 1.807) is 12.4 Å². The third-order valence-electron chi connectivity index (χ3n) is 2.72. The number of aromatic nitrogens is 2. The molecule has 0 unspecified atom stereocenters. The van der Waals surface area contributed by atoms with Gasteiger partial charge in [0.25, 0.3) is 0 Å². The van der Waals surface area contributed by atoms with Crippen molar-refractivity contribution >= 4 is 19.7 Å². The van der Waals surface area contributed by atoms with Crippen molar-refractivity contribution in [1.29, 1.82) is 0 Å². The molecule has 1 aromatic carbocycles. The second-order valence-corrected chi connectivity index (χ2v) is 10.4. The fraction of sp³-hybridized carbons (Fsp3) is 0.312. The van der Waals surface area contributed by atoms with Gasteiger partial charge in [0, 0.05) is 6.20 Å². The van der Waals surface area contributed by atoms with Gasteiger partial charge in [-0.1, -0.05) is 12.1 Å². The van der Waals surface area contributed by atoms with Crippen LogP contribution in [-0.4, -0.2) is 24.0 Å². The standard InChI is InChI=1S/C16H21N3OSi/c1-12-10-18-15(11-17-12)13(2)19-14-8-6-7-9-16(14)20-21(3,4)5/h6-11H,1-5H3. The van der Waals surface area contributed by atoms with Gasteiger partial charge in [-0.3, -0.25) is 9.97 Å². The van der Waals surface area contributed by atoms with Gasteiger partial charge in [-0.05, 0) is 45.6 Å². The van der Waals surface area contributed by atoms with E-state index in [0.29, 0.717) is 0 Å². The van der Waals surface area contributed by atoms with Gasteiger partial charge in [0.1, 0.15) is 17.1 Å². The monoisotopic (exact) mass is 299 g/mol. The van der Waals surface area contributed by atoms with E-state index in [1.807, 2.05) is 38.1 Å². The van der Waals surface area contributed by atoms with Crippen LogP contribution in [0.3, 0.4) is 0 Å². The summed E-state index contributed by atoms with van der Waals surface area (Å²) in [6.07, 6.45) is 3.50. The lowest BCUT2D eigenvalue weighted by Gasteiger charge is -2.20. The third kappa shape index (κ3) is 4.49. The van der Waals surface area contributed by atoms with Crippen LogP contribution in [0.15, 0.2) is 41.7 Å². The molecule has 0 aliphatic heterocycles. The number of aryl methyl sites for hydroxylation is 1. The Hall–Kier alpha value is -2.01. The minimum absolute atomic E-state index is 0.781. The van der Waals surface area contributed by atoms with Crippen LogP contribution in [0.2, 0.25) is 19.6 Å². The number of hydrogen-bond acceptors (Lipinski definition) is 4. The molecular formula is C16H21N3OSi. The van der Waals surface area contributed by atoms with Crippen molar-refractivity contribution in [3.63, 3.8) is 0 Å². The zero-order valence-corrected chi connectivity index (χ0v) is 14.2. The summed E-state index contributed by atoms with van der Waals surface area (Å²) >= 11 is 0. The Morgan fingerprint density at radius 2 is 1.81 bits per heavy atom. The first kappa shape index (κ1) is 15.4. The van der Waals surface area contributed by atoms with Crippen LogP contribution in [0.4, 0.5) is 5.69 Å². The molecule has 5 heteroatoms. The number of hydrogen-bond donors (Lipinski definition) is 0. The molecule has 0 amide bonds. The quantitative estimate of drug-likeness (QED) is 0.629. The topological polar surface area (TPSA) is 47.4 Å². The van der Waals surface area contributed by atoms with Gasteiger partial charge in [0.2, 0.25) is 8.32 Å². The van der Waals surface area contributed by atoms with E-state index >= 15 is 0 Å². The maximum absolute atomic E-state index is 6.08. The van der Waals surface area contributed by atoms with Crippen LogP contribution in [0, 0.1) is 6.92 Å². The van der Waals surface area contributed by atoms with E-state index in [9.17, 15) is 0 Å². The summed E-state index contributed by atoms with van der Waals surface area (Å²) in [7, 11) is -1.66. The lowest BCUT2D eigenvalue weighted by Crippen LogP contribution is -2.29. The molecule has 0 radical (unpaired) electrons. The summed E-state index contributed by atoms with van der Waals surface area (Å²) in [5, 5.41) is 0. The summed E-state index contributed by atoms with van der Waals surface area (Å²) in [5.41, 5.74) is 3.34. The van der Waals surface area contributed by atoms with E-state index in [2.05, 4.69) is 34.6 Å². The molecule has 0 saturated heterocycles. The third-order valence-corrected chi connectivity index (χ3v) is 3.55. The van der Waals surface area contributed by atoms with Crippen molar-refractivity contribution in [2.45, 2.75) is 33.5 Å². The number of nitrogens with zero attached hydrogens (tertiary/aromatic N) is 3. The van der Waals surface area contributed by atoms with E-state index in [1.165, 1.54) is 0 Å². The Morgan fingerprint density at radius 1 is 1.10 bits per heavy atom. The van der Waals surface area contributed by atoms with Gasteiger partial charge in [-0.2, -0.15) is 0 Å². The summed E-state index contributed by atoms with van der Waals surface area (Å²) in [4.78, 5) is 13.3. The molecule has 0 spiro atoms. The van der Waals surface area contributed by atoms with Crippen molar-refractivity contribution in [2.75, 3.05) is 0 Å². The van der Waals surface area contributed by atoms with Crippen LogP contribution in [-0.2, 0) is 0 Å². The lowest BCUT2D eigenvalue weighted by molar-refractivity contribution is 0.559. The lowest BCUT2D eigenvalue weighted by atomic mass is 10.2. The van der Waals surface area contributed by atoms with E-state index in [0.717, 1.165) is 28.5 Å². The molecule has 0 bridgehead atoms. The van der Waals surface area contributed by atoms with Crippen LogP contribution in [0.25, 0.3) is 0 Å². The summed E-state index contributed by atoms with van der Waals surface area (Å²) in [6.45, 7) is 10.3. The van der Waals surface area contributed by atoms with Gasteiger partial charge in [-0.15, -0.1) is 0 Å². The van der Waals surface area contributed by atoms with Gasteiger partial charge in [0.05, 0.1) is 17.6 Å². The number of benzene rings is 1. The van der Waals surface area contributed by atoms with Gasteiger partial charge < -0.3 is 4.43 Å². The molecule has 0 saturated carbocycles. The molecule has 0 fully saturated rings. The molecule has 0 aliphatic rings. The first-order valence-corrected chi connectivity index (χ1v) is 10.4. The molecule has 21 heavy (non-hydrogen) atoms. The molecule has 110 valence electrons. The molecule has 0 aliphatic carbocycles. The Labute approximate surface area is 127 Å². The highest BCUT2D eigenvalue weighted by molar-refractivity contribution is 6.70. The summed E-state index contributed by atoms with van der Waals surface area (Å²) in [5.74, 6) is 0.830. The molecule has 1 aromatic heterocycles. The molecule has 1 heterocycles. The number of aliphatic imine (C=N–C) groups is 1. The van der Waals surface area contributed by atoms with E-state index < -0.39 is 8.32 Å². The minimum atomic E-state index is -1.66. The predicted molar refractivity (Wildman–Crippen MR) is 89.1 cm³/mol. The van der Waals surface area contributed by atoms with Crippen molar-refractivity contribution in [1.82, 2.24) is 9.97 Å². The molecule has 4 nitrogen and oxygen atoms in total. The highest BCUT2D eigenvalue weighted by atomic mass is 28.4. The smallest absolute Gasteiger partial charge is 0.242 e.